The first-order valence-corrected chi connectivity index (χ1v) is 7.46. The lowest BCUT2D eigenvalue weighted by atomic mass is 9.91. The van der Waals surface area contributed by atoms with Crippen LogP contribution < -0.4 is 5.32 Å². The first-order valence-electron chi connectivity index (χ1n) is 7.09. The van der Waals surface area contributed by atoms with Gasteiger partial charge < -0.3 is 10.1 Å². The second-order valence-corrected chi connectivity index (χ2v) is 5.55. The quantitative estimate of drug-likeness (QED) is 0.765. The summed E-state index contributed by atoms with van der Waals surface area (Å²) in [6.45, 7) is 8.29. The van der Waals surface area contributed by atoms with E-state index >= 15 is 0 Å². The summed E-state index contributed by atoms with van der Waals surface area (Å²) in [5.74, 6) is 0.491. The van der Waals surface area contributed by atoms with E-state index in [0.717, 1.165) is 36.6 Å². The van der Waals surface area contributed by atoms with Gasteiger partial charge in [-0.05, 0) is 43.4 Å². The second-order valence-electron chi connectivity index (χ2n) is 5.17. The fraction of sp³-hybridized carbons (Fsp3) is 0.625. The van der Waals surface area contributed by atoms with E-state index in [1.807, 2.05) is 0 Å². The lowest BCUT2D eigenvalue weighted by Crippen LogP contribution is -2.28. The number of halogens is 1. The van der Waals surface area contributed by atoms with Gasteiger partial charge in [0.2, 0.25) is 0 Å². The van der Waals surface area contributed by atoms with Gasteiger partial charge in [0, 0.05) is 24.8 Å². The average Bonchev–Trinajstić information content (AvgIpc) is 2.41. The first-order chi connectivity index (χ1) is 9.11. The molecule has 2 unspecified atom stereocenters. The van der Waals surface area contributed by atoms with E-state index in [0.29, 0.717) is 12.0 Å². The molecule has 0 aliphatic carbocycles. The minimum absolute atomic E-state index is 0.294. The molecule has 0 amide bonds. The van der Waals surface area contributed by atoms with Crippen LogP contribution in [0.5, 0.6) is 0 Å². The highest BCUT2D eigenvalue weighted by atomic mass is 35.5. The maximum absolute atomic E-state index is 6.47. The van der Waals surface area contributed by atoms with Gasteiger partial charge in [-0.15, -0.1) is 0 Å². The van der Waals surface area contributed by atoms with Crippen LogP contribution in [0.4, 0.5) is 0 Å². The van der Waals surface area contributed by atoms with Crippen LogP contribution in [-0.4, -0.2) is 20.3 Å². The lowest BCUT2D eigenvalue weighted by Gasteiger charge is -2.27. The van der Waals surface area contributed by atoms with Crippen LogP contribution in [0, 0.1) is 12.8 Å². The molecule has 1 rings (SSSR count). The molecule has 2 atom stereocenters. The van der Waals surface area contributed by atoms with Crippen LogP contribution >= 0.6 is 11.6 Å². The molecule has 2 nitrogen and oxygen atoms in total. The topological polar surface area (TPSA) is 21.3 Å². The van der Waals surface area contributed by atoms with Crippen molar-refractivity contribution in [2.24, 2.45) is 5.92 Å². The van der Waals surface area contributed by atoms with Crippen LogP contribution in [0.15, 0.2) is 18.2 Å². The molecule has 0 fully saturated rings. The Balaban J connectivity index is 2.91. The van der Waals surface area contributed by atoms with Crippen molar-refractivity contribution >= 4 is 11.6 Å². The summed E-state index contributed by atoms with van der Waals surface area (Å²) >= 11 is 6.47. The fourth-order valence-electron chi connectivity index (χ4n) is 2.30. The monoisotopic (exact) mass is 283 g/mol. The van der Waals surface area contributed by atoms with Gasteiger partial charge in [0.25, 0.3) is 0 Å². The Labute approximate surface area is 122 Å². The highest BCUT2D eigenvalue weighted by Crippen LogP contribution is 2.32. The highest BCUT2D eigenvalue weighted by molar-refractivity contribution is 6.32. The SMILES string of the molecule is CCCNC(c1cccc(C)c1Cl)C(C)CCOC. The van der Waals surface area contributed by atoms with Crippen molar-refractivity contribution in [3.8, 4) is 0 Å². The summed E-state index contributed by atoms with van der Waals surface area (Å²) in [4.78, 5) is 0. The number of hydrogen-bond acceptors (Lipinski definition) is 2. The van der Waals surface area contributed by atoms with E-state index in [2.05, 4.69) is 44.3 Å². The average molecular weight is 284 g/mol. The van der Waals surface area contributed by atoms with E-state index < -0.39 is 0 Å². The summed E-state index contributed by atoms with van der Waals surface area (Å²) < 4.78 is 5.20. The molecule has 3 heteroatoms. The molecular weight excluding hydrogens is 258 g/mol. The van der Waals surface area contributed by atoms with Gasteiger partial charge in [0.1, 0.15) is 0 Å². The van der Waals surface area contributed by atoms with Crippen molar-refractivity contribution in [2.45, 2.75) is 39.7 Å². The molecule has 0 heterocycles. The van der Waals surface area contributed by atoms with Crippen LogP contribution in [0.2, 0.25) is 5.02 Å². The normalized spacial score (nSPS) is 14.4. The number of ether oxygens (including phenoxy) is 1. The molecule has 1 aromatic rings. The van der Waals surface area contributed by atoms with Gasteiger partial charge in [-0.2, -0.15) is 0 Å². The molecule has 0 aromatic heterocycles. The number of aryl methyl sites for hydroxylation is 1. The van der Waals surface area contributed by atoms with Gasteiger partial charge in [0.05, 0.1) is 0 Å². The van der Waals surface area contributed by atoms with E-state index in [1.54, 1.807) is 7.11 Å². The molecular formula is C16H26ClNO. The van der Waals surface area contributed by atoms with Gasteiger partial charge >= 0.3 is 0 Å². The maximum Gasteiger partial charge on any atom is 0.0483 e. The molecule has 0 aliphatic heterocycles. The standard InChI is InChI=1S/C16H26ClNO/c1-5-10-18-16(13(3)9-11-19-4)14-8-6-7-12(2)15(14)17/h6-8,13,16,18H,5,9-11H2,1-4H3. The Morgan fingerprint density at radius 3 is 2.74 bits per heavy atom. The smallest absolute Gasteiger partial charge is 0.0483 e. The van der Waals surface area contributed by atoms with Crippen molar-refractivity contribution < 1.29 is 4.74 Å². The molecule has 0 radical (unpaired) electrons. The van der Waals surface area contributed by atoms with Gasteiger partial charge in [0.15, 0.2) is 0 Å². The van der Waals surface area contributed by atoms with Crippen LogP contribution in [0.3, 0.4) is 0 Å². The van der Waals surface area contributed by atoms with E-state index in [4.69, 9.17) is 16.3 Å². The fourth-order valence-corrected chi connectivity index (χ4v) is 2.54. The van der Waals surface area contributed by atoms with Crippen LogP contribution in [0.1, 0.15) is 43.9 Å². The van der Waals surface area contributed by atoms with Crippen LogP contribution in [-0.2, 0) is 4.74 Å². The summed E-state index contributed by atoms with van der Waals surface area (Å²) in [5.41, 5.74) is 2.35. The van der Waals surface area contributed by atoms with E-state index in [-0.39, 0.29) is 0 Å². The Morgan fingerprint density at radius 1 is 1.37 bits per heavy atom. The van der Waals surface area contributed by atoms with Crippen molar-refractivity contribution in [3.63, 3.8) is 0 Å². The molecule has 0 bridgehead atoms. The van der Waals surface area contributed by atoms with E-state index in [9.17, 15) is 0 Å². The largest absolute Gasteiger partial charge is 0.385 e. The Bertz CT molecular complexity index is 381. The molecule has 0 saturated heterocycles. The number of methoxy groups -OCH3 is 1. The van der Waals surface area contributed by atoms with Crippen molar-refractivity contribution in [2.75, 3.05) is 20.3 Å². The molecule has 19 heavy (non-hydrogen) atoms. The summed E-state index contributed by atoms with van der Waals surface area (Å²) in [5, 5.41) is 4.51. The van der Waals surface area contributed by atoms with Gasteiger partial charge in [-0.1, -0.05) is 43.6 Å². The van der Waals surface area contributed by atoms with Crippen molar-refractivity contribution in [1.29, 1.82) is 0 Å². The van der Waals surface area contributed by atoms with Gasteiger partial charge in [-0.3, -0.25) is 0 Å². The predicted molar refractivity (Wildman–Crippen MR) is 82.9 cm³/mol. The highest BCUT2D eigenvalue weighted by Gasteiger charge is 2.21. The minimum atomic E-state index is 0.294. The Hall–Kier alpha value is -0.570. The number of nitrogens with one attached hydrogen (secondary N) is 1. The Kier molecular flexibility index (Phi) is 7.44. The first kappa shape index (κ1) is 16.5. The third-order valence-electron chi connectivity index (χ3n) is 3.52. The van der Waals surface area contributed by atoms with Crippen molar-refractivity contribution in [3.05, 3.63) is 34.3 Å². The van der Waals surface area contributed by atoms with E-state index in [1.165, 1.54) is 5.56 Å². The van der Waals surface area contributed by atoms with Gasteiger partial charge in [-0.25, -0.2) is 0 Å². The third kappa shape index (κ3) is 4.79. The zero-order valence-corrected chi connectivity index (χ0v) is 13.3. The molecule has 0 spiro atoms. The summed E-state index contributed by atoms with van der Waals surface area (Å²) in [7, 11) is 1.75. The molecule has 0 saturated carbocycles. The lowest BCUT2D eigenvalue weighted by molar-refractivity contribution is 0.170. The van der Waals surface area contributed by atoms with Crippen LogP contribution in [0.25, 0.3) is 0 Å². The summed E-state index contributed by atoms with van der Waals surface area (Å²) in [6.07, 6.45) is 2.15. The second kappa shape index (κ2) is 8.57. The zero-order chi connectivity index (χ0) is 14.3. The molecule has 108 valence electrons. The molecule has 1 N–H and O–H groups in total. The molecule has 0 aliphatic rings. The summed E-state index contributed by atoms with van der Waals surface area (Å²) in [6, 6.07) is 6.57. The third-order valence-corrected chi connectivity index (χ3v) is 4.03. The number of hydrogen-bond donors (Lipinski definition) is 1. The number of rotatable bonds is 8. The maximum atomic E-state index is 6.47. The number of benzene rings is 1. The Morgan fingerprint density at radius 2 is 2.11 bits per heavy atom. The zero-order valence-electron chi connectivity index (χ0n) is 12.5. The predicted octanol–water partition coefficient (Wildman–Crippen LogP) is 4.36. The minimum Gasteiger partial charge on any atom is -0.385 e. The molecule has 1 aromatic carbocycles. The van der Waals surface area contributed by atoms with Crippen molar-refractivity contribution in [1.82, 2.24) is 5.32 Å².